The predicted molar refractivity (Wildman–Crippen MR) is 154 cm³/mol. The van der Waals surface area contributed by atoms with E-state index in [0.717, 1.165) is 53.2 Å². The number of hydrogen-bond donors (Lipinski definition) is 1. The topological polar surface area (TPSA) is 50.8 Å². The first-order valence-electron chi connectivity index (χ1n) is 13.1. The summed E-state index contributed by atoms with van der Waals surface area (Å²) < 4.78 is 11.3. The summed E-state index contributed by atoms with van der Waals surface area (Å²) >= 11 is 0. The lowest BCUT2D eigenvalue weighted by Gasteiger charge is -2.20. The van der Waals surface area contributed by atoms with Crippen LogP contribution in [0.15, 0.2) is 72.8 Å². The Labute approximate surface area is 222 Å². The first kappa shape index (κ1) is 28.0. The van der Waals surface area contributed by atoms with E-state index in [0.29, 0.717) is 13.2 Å². The standard InChI is InChI=1S/C32H40N2O3/c1-6-34(7-2)22-23-36-28-20-17-25(18-21-28)16-19-26-12-8-10-14-29(26)30-15-11-9-13-27(30)24-33-31(35)37-32(3,4)5/h8-21H,6-7,22-24H2,1-5H3,(H,33,35)/b19-16+. The van der Waals surface area contributed by atoms with Crippen LogP contribution in [0.1, 0.15) is 51.3 Å². The lowest BCUT2D eigenvalue weighted by Crippen LogP contribution is -2.32. The van der Waals surface area contributed by atoms with Gasteiger partial charge in [-0.3, -0.25) is 0 Å². The molecule has 1 amide bonds. The maximum atomic E-state index is 12.2. The summed E-state index contributed by atoms with van der Waals surface area (Å²) in [7, 11) is 0. The van der Waals surface area contributed by atoms with Crippen LogP contribution in [0.5, 0.6) is 5.75 Å². The highest BCUT2D eigenvalue weighted by Crippen LogP contribution is 2.29. The number of carbonyl (C=O) groups excluding carboxylic acids is 1. The van der Waals surface area contributed by atoms with Crippen LogP contribution in [0.25, 0.3) is 23.3 Å². The molecule has 0 unspecified atom stereocenters. The van der Waals surface area contributed by atoms with Gasteiger partial charge < -0.3 is 19.7 Å². The van der Waals surface area contributed by atoms with Crippen LogP contribution in [0, 0.1) is 0 Å². The van der Waals surface area contributed by atoms with Crippen LogP contribution in [0.2, 0.25) is 0 Å². The van der Waals surface area contributed by atoms with E-state index >= 15 is 0 Å². The highest BCUT2D eigenvalue weighted by atomic mass is 16.6. The molecule has 1 N–H and O–H groups in total. The zero-order valence-corrected chi connectivity index (χ0v) is 22.8. The third-order valence-corrected chi connectivity index (χ3v) is 6.00. The number of benzene rings is 3. The monoisotopic (exact) mass is 500 g/mol. The average Bonchev–Trinajstić information content (AvgIpc) is 2.89. The smallest absolute Gasteiger partial charge is 0.407 e. The van der Waals surface area contributed by atoms with E-state index < -0.39 is 11.7 Å². The first-order chi connectivity index (χ1) is 17.8. The van der Waals surface area contributed by atoms with Gasteiger partial charge in [0.15, 0.2) is 0 Å². The maximum Gasteiger partial charge on any atom is 0.407 e. The second kappa shape index (κ2) is 13.7. The van der Waals surface area contributed by atoms with Crippen molar-refractivity contribution in [1.29, 1.82) is 0 Å². The number of hydrogen-bond acceptors (Lipinski definition) is 4. The molecule has 0 aromatic heterocycles. The van der Waals surface area contributed by atoms with E-state index in [4.69, 9.17) is 9.47 Å². The molecule has 3 aromatic carbocycles. The molecule has 3 aromatic rings. The number of nitrogens with one attached hydrogen (secondary N) is 1. The third kappa shape index (κ3) is 9.10. The second-order valence-corrected chi connectivity index (χ2v) is 9.88. The Morgan fingerprint density at radius 3 is 2.19 bits per heavy atom. The van der Waals surface area contributed by atoms with E-state index in [1.165, 1.54) is 0 Å². The number of carbonyl (C=O) groups is 1. The Morgan fingerprint density at radius 1 is 0.865 bits per heavy atom. The highest BCUT2D eigenvalue weighted by molar-refractivity contribution is 5.82. The summed E-state index contributed by atoms with van der Waals surface area (Å²) in [4.78, 5) is 14.5. The summed E-state index contributed by atoms with van der Waals surface area (Å²) in [6.07, 6.45) is 3.82. The largest absolute Gasteiger partial charge is 0.492 e. The first-order valence-corrected chi connectivity index (χ1v) is 13.1. The van der Waals surface area contributed by atoms with Gasteiger partial charge in [-0.05, 0) is 73.8 Å². The molecule has 0 atom stereocenters. The van der Waals surface area contributed by atoms with Crippen molar-refractivity contribution in [3.05, 3.63) is 89.5 Å². The fourth-order valence-electron chi connectivity index (χ4n) is 4.00. The fraction of sp³-hybridized carbons (Fsp3) is 0.344. The van der Waals surface area contributed by atoms with Crippen LogP contribution in [0.4, 0.5) is 4.79 Å². The molecule has 5 heteroatoms. The van der Waals surface area contributed by atoms with Crippen LogP contribution in [-0.4, -0.2) is 42.8 Å². The molecular weight excluding hydrogens is 460 g/mol. The molecule has 0 saturated heterocycles. The molecule has 0 aliphatic heterocycles. The van der Waals surface area contributed by atoms with Crippen LogP contribution in [-0.2, 0) is 11.3 Å². The summed E-state index contributed by atoms with van der Waals surface area (Å²) in [6.45, 7) is 14.0. The molecular formula is C32H40N2O3. The number of amides is 1. The summed E-state index contributed by atoms with van der Waals surface area (Å²) in [6, 6.07) is 24.6. The zero-order valence-electron chi connectivity index (χ0n) is 22.8. The van der Waals surface area contributed by atoms with Gasteiger partial charge in [-0.25, -0.2) is 4.79 Å². The molecule has 5 nitrogen and oxygen atoms in total. The van der Waals surface area contributed by atoms with Gasteiger partial charge in [0.05, 0.1) is 0 Å². The summed E-state index contributed by atoms with van der Waals surface area (Å²) in [5.74, 6) is 0.885. The lowest BCUT2D eigenvalue weighted by atomic mass is 9.95. The maximum absolute atomic E-state index is 12.2. The molecule has 0 saturated carbocycles. The van der Waals surface area contributed by atoms with E-state index in [-0.39, 0.29) is 0 Å². The Balaban J connectivity index is 1.70. The molecule has 0 aliphatic rings. The van der Waals surface area contributed by atoms with Crippen molar-refractivity contribution in [2.24, 2.45) is 0 Å². The molecule has 0 spiro atoms. The molecule has 37 heavy (non-hydrogen) atoms. The fourth-order valence-corrected chi connectivity index (χ4v) is 4.00. The van der Waals surface area contributed by atoms with Gasteiger partial charge in [-0.2, -0.15) is 0 Å². The van der Waals surface area contributed by atoms with Gasteiger partial charge in [0.1, 0.15) is 18.0 Å². The van der Waals surface area contributed by atoms with E-state index in [1.54, 1.807) is 0 Å². The Morgan fingerprint density at radius 2 is 1.51 bits per heavy atom. The van der Waals surface area contributed by atoms with Gasteiger partial charge >= 0.3 is 6.09 Å². The van der Waals surface area contributed by atoms with Crippen molar-refractivity contribution in [1.82, 2.24) is 10.2 Å². The quantitative estimate of drug-likeness (QED) is 0.281. The van der Waals surface area contributed by atoms with E-state index in [1.807, 2.05) is 63.2 Å². The van der Waals surface area contributed by atoms with Crippen molar-refractivity contribution in [3.63, 3.8) is 0 Å². The molecule has 0 radical (unpaired) electrons. The third-order valence-electron chi connectivity index (χ3n) is 6.00. The van der Waals surface area contributed by atoms with Crippen molar-refractivity contribution in [3.8, 4) is 16.9 Å². The van der Waals surface area contributed by atoms with E-state index in [9.17, 15) is 4.79 Å². The highest BCUT2D eigenvalue weighted by Gasteiger charge is 2.16. The van der Waals surface area contributed by atoms with Gasteiger partial charge in [0, 0.05) is 13.1 Å². The molecule has 0 heterocycles. The van der Waals surface area contributed by atoms with Gasteiger partial charge in [0.2, 0.25) is 0 Å². The minimum absolute atomic E-state index is 0.388. The molecule has 196 valence electrons. The van der Waals surface area contributed by atoms with Crippen molar-refractivity contribution >= 4 is 18.2 Å². The molecule has 0 aliphatic carbocycles. The SMILES string of the molecule is CCN(CC)CCOc1ccc(/C=C/c2ccccc2-c2ccccc2CNC(=O)OC(C)(C)C)cc1. The van der Waals surface area contributed by atoms with Crippen molar-refractivity contribution < 1.29 is 14.3 Å². The van der Waals surface area contributed by atoms with Crippen molar-refractivity contribution in [2.45, 2.75) is 46.8 Å². The van der Waals surface area contributed by atoms with Crippen molar-refractivity contribution in [2.75, 3.05) is 26.2 Å². The van der Waals surface area contributed by atoms with Crippen LogP contribution in [0.3, 0.4) is 0 Å². The number of rotatable bonds is 11. The molecule has 0 bridgehead atoms. The number of nitrogens with zero attached hydrogens (tertiary/aromatic N) is 1. The normalized spacial score (nSPS) is 11.6. The van der Waals surface area contributed by atoms with Crippen LogP contribution >= 0.6 is 0 Å². The minimum Gasteiger partial charge on any atom is -0.492 e. The number of alkyl carbamates (subject to hydrolysis) is 1. The number of ether oxygens (including phenoxy) is 2. The van der Waals surface area contributed by atoms with E-state index in [2.05, 4.69) is 66.5 Å². The minimum atomic E-state index is -0.531. The summed E-state index contributed by atoms with van der Waals surface area (Å²) in [5, 5.41) is 2.88. The summed E-state index contributed by atoms with van der Waals surface area (Å²) in [5.41, 5.74) is 4.89. The Kier molecular flexibility index (Phi) is 10.3. The molecule has 0 fully saturated rings. The van der Waals surface area contributed by atoms with Crippen LogP contribution < -0.4 is 10.1 Å². The predicted octanol–water partition coefficient (Wildman–Crippen LogP) is 7.27. The molecule has 3 rings (SSSR count). The van der Waals surface area contributed by atoms with Gasteiger partial charge in [-0.1, -0.05) is 86.7 Å². The average molecular weight is 501 g/mol. The lowest BCUT2D eigenvalue weighted by molar-refractivity contribution is 0.0523. The zero-order chi connectivity index (χ0) is 26.7. The van der Waals surface area contributed by atoms with Gasteiger partial charge in [-0.15, -0.1) is 0 Å². The Hall–Kier alpha value is -3.57. The van der Waals surface area contributed by atoms with Gasteiger partial charge in [0.25, 0.3) is 0 Å². The second-order valence-electron chi connectivity index (χ2n) is 9.88. The Bertz CT molecular complexity index is 1160. The number of likely N-dealkylation sites (N-methyl/N-ethyl adjacent to an activating group) is 1.